The number of hydrogen-bond acceptors (Lipinski definition) is 9. The van der Waals surface area contributed by atoms with Gasteiger partial charge in [0.1, 0.15) is 23.7 Å². The lowest BCUT2D eigenvalue weighted by atomic mass is 9.97. The van der Waals surface area contributed by atoms with E-state index >= 15 is 0 Å². The van der Waals surface area contributed by atoms with E-state index in [4.69, 9.17) is 26.1 Å². The zero-order valence-electron chi connectivity index (χ0n) is 36.1. The quantitative estimate of drug-likeness (QED) is 0.119. The van der Waals surface area contributed by atoms with Gasteiger partial charge in [0.15, 0.2) is 5.15 Å². The van der Waals surface area contributed by atoms with E-state index in [1.807, 2.05) is 63.5 Å². The normalized spacial score (nSPS) is 22.3. The Morgan fingerprint density at radius 2 is 1.25 bits per heavy atom. The van der Waals surface area contributed by atoms with Crippen molar-refractivity contribution in [1.29, 1.82) is 0 Å². The second-order valence-corrected chi connectivity index (χ2v) is 17.6. The van der Waals surface area contributed by atoms with Crippen LogP contribution in [0.25, 0.3) is 33.2 Å². The lowest BCUT2D eigenvalue weighted by Gasteiger charge is -2.34. The smallest absolute Gasteiger partial charge is 0.407 e. The number of amidine groups is 1. The number of likely N-dealkylation sites (tertiary alicyclic amines) is 2. The lowest BCUT2D eigenvalue weighted by molar-refractivity contribution is -0.137. The van der Waals surface area contributed by atoms with Gasteiger partial charge in [0.2, 0.25) is 11.8 Å². The van der Waals surface area contributed by atoms with E-state index in [1.165, 1.54) is 14.2 Å². The molecule has 0 bridgehead atoms. The number of methoxy groups -OCH3 is 2. The van der Waals surface area contributed by atoms with Crippen molar-refractivity contribution in [3.05, 3.63) is 77.2 Å². The number of alkyl carbamates (subject to hydrolysis) is 2. The summed E-state index contributed by atoms with van der Waals surface area (Å²) >= 11 is 6.75. The summed E-state index contributed by atoms with van der Waals surface area (Å²) in [6.07, 6.45) is 1.89. The van der Waals surface area contributed by atoms with Crippen molar-refractivity contribution >= 4 is 52.2 Å². The molecule has 15 heteroatoms. The third-order valence-electron chi connectivity index (χ3n) is 12.5. The number of imidazole rings is 1. The molecule has 0 radical (unpaired) electrons. The Morgan fingerprint density at radius 1 is 0.721 bits per heavy atom. The van der Waals surface area contributed by atoms with Gasteiger partial charge in [-0.25, -0.2) is 14.6 Å². The Kier molecular flexibility index (Phi) is 12.9. The largest absolute Gasteiger partial charge is 0.453 e. The first-order valence-electron chi connectivity index (χ1n) is 21.2. The van der Waals surface area contributed by atoms with Crippen molar-refractivity contribution in [2.24, 2.45) is 16.8 Å². The third kappa shape index (κ3) is 8.91. The second kappa shape index (κ2) is 18.2. The fourth-order valence-electron chi connectivity index (χ4n) is 9.03. The molecule has 0 aliphatic carbocycles. The Hall–Kier alpha value is -5.63. The van der Waals surface area contributed by atoms with E-state index in [1.54, 1.807) is 0 Å². The summed E-state index contributed by atoms with van der Waals surface area (Å²) in [5.74, 6) is 0.868. The molecule has 4 heterocycles. The van der Waals surface area contributed by atoms with Crippen LogP contribution in [0.5, 0.6) is 0 Å². The first-order chi connectivity index (χ1) is 29.2. The van der Waals surface area contributed by atoms with Gasteiger partial charge in [-0.05, 0) is 91.0 Å². The number of fused-ring (bicyclic) bond motifs is 1. The number of amides is 4. The number of ether oxygens (including phenoxy) is 2. The molecule has 14 nitrogen and oxygen atoms in total. The van der Waals surface area contributed by atoms with Crippen LogP contribution in [0, 0.1) is 11.8 Å². The summed E-state index contributed by atoms with van der Waals surface area (Å²) in [5, 5.41) is 11.6. The molecule has 61 heavy (non-hydrogen) atoms. The van der Waals surface area contributed by atoms with E-state index in [2.05, 4.69) is 74.4 Å². The lowest BCUT2D eigenvalue weighted by Crippen LogP contribution is -2.56. The SMILES string of the molecule is COC(=O)N[C@H](C(=O)N1[C@@H](C)CC[C@H]1C1=NCC(c2ccc3cc(-c4ccc(-c5[nH]c([C@@H]6CC[C@H](C)N6C(=O)[C@@H](NC(=O)OC)C(C)C)nc5Cl)cc4)ccc3c2)N1)C(C)C. The molecule has 4 amide bonds. The first kappa shape index (κ1) is 43.5. The number of carbonyl (C=O) groups excluding carboxylic acids is 4. The maximum atomic E-state index is 13.8. The van der Waals surface area contributed by atoms with Crippen molar-refractivity contribution in [2.45, 2.75) is 110 Å². The molecule has 0 saturated carbocycles. The number of benzene rings is 3. The molecule has 4 aromatic rings. The summed E-state index contributed by atoms with van der Waals surface area (Å²) in [7, 11) is 2.58. The topological polar surface area (TPSA) is 170 Å². The van der Waals surface area contributed by atoms with Gasteiger partial charge >= 0.3 is 12.2 Å². The molecule has 2 fully saturated rings. The maximum Gasteiger partial charge on any atom is 0.407 e. The average Bonchev–Trinajstić information content (AvgIpc) is 4.06. The van der Waals surface area contributed by atoms with E-state index in [0.717, 1.165) is 58.1 Å². The number of nitrogens with one attached hydrogen (secondary N) is 4. The summed E-state index contributed by atoms with van der Waals surface area (Å²) in [4.78, 5) is 68.5. The fraction of sp³-hybridized carbons (Fsp3) is 0.478. The molecule has 7 atom stereocenters. The van der Waals surface area contributed by atoms with Crippen LogP contribution in [0.3, 0.4) is 0 Å². The van der Waals surface area contributed by atoms with Crippen LogP contribution in [0.15, 0.2) is 65.7 Å². The number of carbonyl (C=O) groups is 4. The molecule has 7 rings (SSSR count). The fourth-order valence-corrected chi connectivity index (χ4v) is 9.27. The Bertz CT molecular complexity index is 2310. The Balaban J connectivity index is 1.02. The Labute approximate surface area is 362 Å². The molecule has 1 unspecified atom stereocenters. The highest BCUT2D eigenvalue weighted by molar-refractivity contribution is 6.32. The number of rotatable bonds is 11. The van der Waals surface area contributed by atoms with Crippen LogP contribution in [0.1, 0.15) is 90.7 Å². The van der Waals surface area contributed by atoms with E-state index in [-0.39, 0.29) is 53.9 Å². The number of H-pyrrole nitrogens is 1. The van der Waals surface area contributed by atoms with Crippen molar-refractivity contribution < 1.29 is 28.7 Å². The minimum Gasteiger partial charge on any atom is -0.453 e. The van der Waals surface area contributed by atoms with Crippen LogP contribution in [-0.4, -0.2) is 101 Å². The van der Waals surface area contributed by atoms with Crippen molar-refractivity contribution in [2.75, 3.05) is 20.8 Å². The molecule has 324 valence electrons. The standard InChI is InChI=1S/C46H57ClN8O6/c1-24(2)37(51-45(58)60-7)43(56)54-26(5)9-19-35(54)41-48-23-34(49-41)33-18-17-31-21-30(15-16-32(31)22-33)28-11-13-29(14-12-28)39-40(47)53-42(50-39)36-20-10-27(6)55(36)44(57)38(25(3)4)52-46(59)61-8/h11-18,21-22,24-27,34-38H,9-10,19-20,23H2,1-8H3,(H,48,49)(H,50,53)(H,51,58)(H,52,59)/t26-,27-,34?,35-,36-,37-,38-/m0/s1. The first-order valence-corrected chi connectivity index (χ1v) is 21.6. The average molecular weight is 853 g/mol. The van der Waals surface area contributed by atoms with Crippen LogP contribution < -0.4 is 16.0 Å². The summed E-state index contributed by atoms with van der Waals surface area (Å²) in [5.41, 5.74) is 4.79. The summed E-state index contributed by atoms with van der Waals surface area (Å²) in [6.45, 7) is 12.2. The number of hydrogen-bond donors (Lipinski definition) is 4. The molecule has 3 aliphatic heterocycles. The summed E-state index contributed by atoms with van der Waals surface area (Å²) < 4.78 is 9.59. The minimum atomic E-state index is -0.738. The highest BCUT2D eigenvalue weighted by atomic mass is 35.5. The van der Waals surface area contributed by atoms with Crippen molar-refractivity contribution in [1.82, 2.24) is 35.7 Å². The van der Waals surface area contributed by atoms with Crippen LogP contribution in [-0.2, 0) is 19.1 Å². The van der Waals surface area contributed by atoms with Gasteiger partial charge in [-0.1, -0.05) is 87.8 Å². The molecule has 3 aromatic carbocycles. The highest BCUT2D eigenvalue weighted by Crippen LogP contribution is 2.39. The van der Waals surface area contributed by atoms with E-state index < -0.39 is 24.3 Å². The second-order valence-electron chi connectivity index (χ2n) is 17.2. The number of halogens is 1. The molecule has 2 saturated heterocycles. The van der Waals surface area contributed by atoms with E-state index in [0.29, 0.717) is 29.6 Å². The molecule has 3 aliphatic rings. The van der Waals surface area contributed by atoms with Gasteiger partial charge in [0.05, 0.1) is 44.6 Å². The number of aromatic nitrogens is 2. The van der Waals surface area contributed by atoms with Gasteiger partial charge in [0, 0.05) is 17.6 Å². The van der Waals surface area contributed by atoms with Gasteiger partial charge in [0.25, 0.3) is 0 Å². The minimum absolute atomic E-state index is 0.0161. The molecule has 1 aromatic heterocycles. The van der Waals surface area contributed by atoms with Crippen molar-refractivity contribution in [3.63, 3.8) is 0 Å². The molecular weight excluding hydrogens is 796 g/mol. The number of aromatic amines is 1. The van der Waals surface area contributed by atoms with Crippen molar-refractivity contribution in [3.8, 4) is 22.4 Å². The molecular formula is C46H57ClN8O6. The maximum absolute atomic E-state index is 13.8. The van der Waals surface area contributed by atoms with E-state index in [9.17, 15) is 19.2 Å². The number of aliphatic imine (C=N–C) groups is 1. The highest BCUT2D eigenvalue weighted by Gasteiger charge is 2.44. The predicted molar refractivity (Wildman–Crippen MR) is 236 cm³/mol. The van der Waals surface area contributed by atoms with Gasteiger partial charge < -0.3 is 40.2 Å². The van der Waals surface area contributed by atoms with Gasteiger partial charge in [-0.3, -0.25) is 14.6 Å². The molecule has 4 N–H and O–H groups in total. The van der Waals surface area contributed by atoms with Gasteiger partial charge in [-0.2, -0.15) is 0 Å². The van der Waals surface area contributed by atoms with Crippen LogP contribution in [0.2, 0.25) is 5.15 Å². The Morgan fingerprint density at radius 3 is 1.84 bits per heavy atom. The van der Waals surface area contributed by atoms with Gasteiger partial charge in [-0.15, -0.1) is 0 Å². The monoisotopic (exact) mass is 852 g/mol. The summed E-state index contributed by atoms with van der Waals surface area (Å²) in [6, 6.07) is 19.1. The molecule has 0 spiro atoms. The van der Waals surface area contributed by atoms with Crippen LogP contribution in [0.4, 0.5) is 9.59 Å². The zero-order valence-corrected chi connectivity index (χ0v) is 36.9. The number of nitrogens with zero attached hydrogens (tertiary/aromatic N) is 4. The predicted octanol–water partition coefficient (Wildman–Crippen LogP) is 7.79. The van der Waals surface area contributed by atoms with Crippen LogP contribution >= 0.6 is 11.6 Å². The third-order valence-corrected chi connectivity index (χ3v) is 12.8. The zero-order chi connectivity index (χ0) is 43.7.